The first-order chi connectivity index (χ1) is 13.7. The molecule has 5 nitrogen and oxygen atoms in total. The molecule has 0 fully saturated rings. The number of aliphatic hydroxyl groups excluding tert-OH is 2. The van der Waals surface area contributed by atoms with Crippen molar-refractivity contribution in [1.82, 2.24) is 5.06 Å². The molecule has 0 spiro atoms. The van der Waals surface area contributed by atoms with Gasteiger partial charge in [-0.15, -0.1) is 5.06 Å². The first-order valence-corrected chi connectivity index (χ1v) is 10.3. The van der Waals surface area contributed by atoms with E-state index in [-0.39, 0.29) is 31.7 Å². The van der Waals surface area contributed by atoms with Crippen molar-refractivity contribution in [2.75, 3.05) is 26.3 Å². The number of allylic oxidation sites excluding steroid dienone is 9. The molecule has 0 atom stereocenters. The number of carbonyl (C=O) groups is 1. The number of nitrogens with zero attached hydrogens (tertiary/aromatic N) is 1. The lowest BCUT2D eigenvalue weighted by Crippen LogP contribution is -2.32. The van der Waals surface area contributed by atoms with Crippen LogP contribution in [0.25, 0.3) is 0 Å². The van der Waals surface area contributed by atoms with E-state index in [1.807, 2.05) is 25.2 Å². The summed E-state index contributed by atoms with van der Waals surface area (Å²) in [6, 6.07) is 0. The third kappa shape index (κ3) is 9.39. The molecular weight excluding hydrogens is 366 g/mol. The zero-order valence-corrected chi connectivity index (χ0v) is 18.6. The molecular formula is C24H37NO4. The molecule has 0 saturated heterocycles. The van der Waals surface area contributed by atoms with Crippen molar-refractivity contribution in [3.8, 4) is 0 Å². The van der Waals surface area contributed by atoms with Gasteiger partial charge < -0.3 is 15.1 Å². The fourth-order valence-electron chi connectivity index (χ4n) is 3.45. The molecule has 29 heavy (non-hydrogen) atoms. The fourth-order valence-corrected chi connectivity index (χ4v) is 3.45. The maximum absolute atomic E-state index is 11.9. The Labute approximate surface area is 175 Å². The van der Waals surface area contributed by atoms with Gasteiger partial charge in [-0.3, -0.25) is 0 Å². The van der Waals surface area contributed by atoms with Gasteiger partial charge in [-0.05, 0) is 56.6 Å². The van der Waals surface area contributed by atoms with Crippen LogP contribution in [0.3, 0.4) is 0 Å². The van der Waals surface area contributed by atoms with Crippen molar-refractivity contribution in [3.63, 3.8) is 0 Å². The molecule has 0 aromatic heterocycles. The van der Waals surface area contributed by atoms with E-state index in [4.69, 9.17) is 15.1 Å². The minimum Gasteiger partial charge on any atom is -0.395 e. The number of hydroxylamine groups is 2. The second-order valence-electron chi connectivity index (χ2n) is 8.21. The number of hydrogen-bond donors (Lipinski definition) is 2. The zero-order valence-electron chi connectivity index (χ0n) is 18.6. The molecule has 0 bridgehead atoms. The second kappa shape index (κ2) is 12.6. The number of rotatable bonds is 10. The molecule has 0 aromatic carbocycles. The quantitative estimate of drug-likeness (QED) is 0.324. The van der Waals surface area contributed by atoms with Gasteiger partial charge >= 0.3 is 5.97 Å². The minimum atomic E-state index is -0.531. The highest BCUT2D eigenvalue weighted by Gasteiger charge is 2.26. The predicted octanol–water partition coefficient (Wildman–Crippen LogP) is 4.26. The van der Waals surface area contributed by atoms with Crippen LogP contribution in [0.4, 0.5) is 0 Å². The van der Waals surface area contributed by atoms with E-state index >= 15 is 0 Å². The normalized spacial score (nSPS) is 18.3. The summed E-state index contributed by atoms with van der Waals surface area (Å²) in [5, 5.41) is 19.1. The van der Waals surface area contributed by atoms with Gasteiger partial charge in [0.15, 0.2) is 0 Å². The third-order valence-electron chi connectivity index (χ3n) is 5.04. The van der Waals surface area contributed by atoms with Crippen LogP contribution in [-0.2, 0) is 9.63 Å². The summed E-state index contributed by atoms with van der Waals surface area (Å²) >= 11 is 0. The van der Waals surface area contributed by atoms with Gasteiger partial charge in [-0.2, -0.15) is 0 Å². The van der Waals surface area contributed by atoms with E-state index in [9.17, 15) is 4.79 Å². The summed E-state index contributed by atoms with van der Waals surface area (Å²) in [7, 11) is 0. The summed E-state index contributed by atoms with van der Waals surface area (Å²) in [5.41, 5.74) is 5.04. The predicted molar refractivity (Wildman–Crippen MR) is 118 cm³/mol. The zero-order chi connectivity index (χ0) is 21.9. The number of hydrogen-bond acceptors (Lipinski definition) is 5. The van der Waals surface area contributed by atoms with E-state index < -0.39 is 5.97 Å². The van der Waals surface area contributed by atoms with Crippen LogP contribution in [-0.4, -0.2) is 47.5 Å². The molecule has 0 amide bonds. The average Bonchev–Trinajstić information content (AvgIpc) is 2.61. The molecule has 1 aliphatic carbocycles. The Morgan fingerprint density at radius 3 is 2.38 bits per heavy atom. The minimum absolute atomic E-state index is 0.152. The van der Waals surface area contributed by atoms with Gasteiger partial charge in [0, 0.05) is 6.08 Å². The highest BCUT2D eigenvalue weighted by atomic mass is 16.7. The van der Waals surface area contributed by atoms with Crippen molar-refractivity contribution in [2.24, 2.45) is 5.41 Å². The van der Waals surface area contributed by atoms with E-state index in [2.05, 4.69) is 39.8 Å². The molecule has 0 heterocycles. The van der Waals surface area contributed by atoms with Crippen molar-refractivity contribution < 1.29 is 19.8 Å². The second-order valence-corrected chi connectivity index (χ2v) is 8.21. The topological polar surface area (TPSA) is 70.0 Å². The number of aliphatic hydroxyl groups is 2. The first kappa shape index (κ1) is 25.1. The molecule has 162 valence electrons. The summed E-state index contributed by atoms with van der Waals surface area (Å²) in [5.74, 6) is -0.531. The summed E-state index contributed by atoms with van der Waals surface area (Å²) in [4.78, 5) is 17.0. The highest BCUT2D eigenvalue weighted by molar-refractivity contribution is 5.83. The number of carbonyl (C=O) groups excluding carboxylic acids is 1. The van der Waals surface area contributed by atoms with Gasteiger partial charge in [0.1, 0.15) is 0 Å². The lowest BCUT2D eigenvalue weighted by Gasteiger charge is -2.32. The summed E-state index contributed by atoms with van der Waals surface area (Å²) < 4.78 is 0. The molecule has 0 aromatic rings. The van der Waals surface area contributed by atoms with Gasteiger partial charge in [-0.25, -0.2) is 4.79 Å². The van der Waals surface area contributed by atoms with Crippen LogP contribution in [0, 0.1) is 5.41 Å². The Morgan fingerprint density at radius 1 is 1.14 bits per heavy atom. The molecule has 5 heteroatoms. The Hall–Kier alpha value is -1.95. The SMILES string of the molecule is CC1=C(/C=C/C(C)=C/C=C/C(C)=C/C(=O)ON(CCO)CCO)C(C)(C)CCC1. The largest absolute Gasteiger partial charge is 0.395 e. The lowest BCUT2D eigenvalue weighted by molar-refractivity contribution is -0.187. The maximum Gasteiger partial charge on any atom is 0.349 e. The van der Waals surface area contributed by atoms with E-state index in [1.165, 1.54) is 41.5 Å². The smallest absolute Gasteiger partial charge is 0.349 e. The van der Waals surface area contributed by atoms with Gasteiger partial charge in [-0.1, -0.05) is 55.4 Å². The van der Waals surface area contributed by atoms with Crippen LogP contribution in [0.1, 0.15) is 53.9 Å². The Morgan fingerprint density at radius 2 is 1.79 bits per heavy atom. The van der Waals surface area contributed by atoms with Crippen molar-refractivity contribution in [2.45, 2.75) is 53.9 Å². The van der Waals surface area contributed by atoms with E-state index in [0.29, 0.717) is 0 Å². The van der Waals surface area contributed by atoms with Crippen LogP contribution in [0.5, 0.6) is 0 Å². The molecule has 0 unspecified atom stereocenters. The van der Waals surface area contributed by atoms with E-state index in [0.717, 1.165) is 11.1 Å². The summed E-state index contributed by atoms with van der Waals surface area (Å²) in [6.45, 7) is 10.7. The average molecular weight is 404 g/mol. The standard InChI is InChI=1S/C24H37NO4/c1-19(11-12-22-21(3)10-7-13-24(22,4)5)8-6-9-20(2)18-23(28)29-25(14-16-26)15-17-27/h6,8-9,11-12,18,26-27H,7,10,13-17H2,1-5H3/b9-6+,12-11+,19-8+,20-18+. The van der Waals surface area contributed by atoms with Crippen LogP contribution >= 0.6 is 0 Å². The van der Waals surface area contributed by atoms with Crippen LogP contribution < -0.4 is 0 Å². The molecule has 1 rings (SSSR count). The van der Waals surface area contributed by atoms with Gasteiger partial charge in [0.05, 0.1) is 26.3 Å². The maximum atomic E-state index is 11.9. The first-order valence-electron chi connectivity index (χ1n) is 10.3. The van der Waals surface area contributed by atoms with Crippen LogP contribution in [0.15, 0.2) is 58.7 Å². The van der Waals surface area contributed by atoms with Crippen LogP contribution in [0.2, 0.25) is 0 Å². The van der Waals surface area contributed by atoms with Crippen molar-refractivity contribution in [1.29, 1.82) is 0 Å². The Kier molecular flexibility index (Phi) is 10.9. The highest BCUT2D eigenvalue weighted by Crippen LogP contribution is 2.40. The molecule has 0 radical (unpaired) electrons. The lowest BCUT2D eigenvalue weighted by atomic mass is 9.72. The molecule has 2 N–H and O–H groups in total. The monoisotopic (exact) mass is 403 g/mol. The van der Waals surface area contributed by atoms with E-state index in [1.54, 1.807) is 0 Å². The van der Waals surface area contributed by atoms with Gasteiger partial charge in [0.2, 0.25) is 0 Å². The fraction of sp³-hybridized carbons (Fsp3) is 0.542. The molecule has 0 aliphatic heterocycles. The van der Waals surface area contributed by atoms with Crippen molar-refractivity contribution >= 4 is 5.97 Å². The third-order valence-corrected chi connectivity index (χ3v) is 5.04. The molecule has 0 saturated carbocycles. The Bertz CT molecular complexity index is 690. The van der Waals surface area contributed by atoms with Crippen molar-refractivity contribution in [3.05, 3.63) is 58.7 Å². The van der Waals surface area contributed by atoms with Gasteiger partial charge in [0.25, 0.3) is 0 Å². The Balaban J connectivity index is 2.68. The summed E-state index contributed by atoms with van der Waals surface area (Å²) in [6.07, 6.45) is 15.2. The molecule has 1 aliphatic rings.